The zero-order valence-corrected chi connectivity index (χ0v) is 8.31. The molecule has 3 heteroatoms. The average molecular weight is 172 g/mol. The van der Waals surface area contributed by atoms with Crippen molar-refractivity contribution in [2.75, 3.05) is 13.6 Å². The first-order chi connectivity index (χ1) is 5.70. The summed E-state index contributed by atoms with van der Waals surface area (Å²) in [4.78, 5) is 11.1. The van der Waals surface area contributed by atoms with Crippen molar-refractivity contribution >= 4 is 5.91 Å². The lowest BCUT2D eigenvalue weighted by Gasteiger charge is -2.09. The minimum atomic E-state index is 0.166. The molecule has 0 aliphatic rings. The van der Waals surface area contributed by atoms with E-state index in [-0.39, 0.29) is 5.91 Å². The minimum absolute atomic E-state index is 0.166. The summed E-state index contributed by atoms with van der Waals surface area (Å²) in [5.41, 5.74) is 0. The highest BCUT2D eigenvalue weighted by atomic mass is 16.1. The van der Waals surface area contributed by atoms with Gasteiger partial charge in [-0.2, -0.15) is 0 Å². The summed E-state index contributed by atoms with van der Waals surface area (Å²) in [5, 5.41) is 5.94. The van der Waals surface area contributed by atoms with Gasteiger partial charge in [0.15, 0.2) is 0 Å². The lowest BCUT2D eigenvalue weighted by atomic mass is 10.2. The number of hydrogen-bond donors (Lipinski definition) is 2. The third-order valence-corrected chi connectivity index (χ3v) is 1.87. The maximum absolute atomic E-state index is 11.1. The molecule has 0 saturated heterocycles. The van der Waals surface area contributed by atoms with E-state index >= 15 is 0 Å². The Hall–Kier alpha value is -0.570. The third kappa shape index (κ3) is 6.16. The van der Waals surface area contributed by atoms with Crippen LogP contribution in [0.1, 0.15) is 33.1 Å². The molecule has 2 N–H and O–H groups in total. The van der Waals surface area contributed by atoms with Gasteiger partial charge in [-0.15, -0.1) is 0 Å². The first-order valence-corrected chi connectivity index (χ1v) is 4.64. The van der Waals surface area contributed by atoms with Gasteiger partial charge in [-0.25, -0.2) is 0 Å². The normalized spacial score (nSPS) is 12.6. The lowest BCUT2D eigenvalue weighted by molar-refractivity contribution is -0.121. The molecule has 0 bridgehead atoms. The Morgan fingerprint density at radius 3 is 2.67 bits per heavy atom. The van der Waals surface area contributed by atoms with Gasteiger partial charge in [-0.3, -0.25) is 4.79 Å². The van der Waals surface area contributed by atoms with Gasteiger partial charge in [0.2, 0.25) is 5.91 Å². The van der Waals surface area contributed by atoms with Crippen LogP contribution in [-0.4, -0.2) is 25.5 Å². The zero-order valence-electron chi connectivity index (χ0n) is 8.31. The van der Waals surface area contributed by atoms with Crippen LogP contribution in [0.4, 0.5) is 0 Å². The highest BCUT2D eigenvalue weighted by Crippen LogP contribution is 1.94. The SMILES string of the molecule is CCCNC(=O)CCC(C)NC. The summed E-state index contributed by atoms with van der Waals surface area (Å²) in [6, 6.07) is 0.428. The molecule has 0 heterocycles. The molecular weight excluding hydrogens is 152 g/mol. The molecule has 1 unspecified atom stereocenters. The van der Waals surface area contributed by atoms with Crippen LogP contribution in [-0.2, 0) is 4.79 Å². The van der Waals surface area contributed by atoms with Gasteiger partial charge in [0, 0.05) is 19.0 Å². The molecule has 0 spiro atoms. The second kappa shape index (κ2) is 7.10. The summed E-state index contributed by atoms with van der Waals surface area (Å²) in [5.74, 6) is 0.166. The molecule has 72 valence electrons. The Bertz CT molecular complexity index is 126. The smallest absolute Gasteiger partial charge is 0.220 e. The van der Waals surface area contributed by atoms with Crippen LogP contribution in [0.2, 0.25) is 0 Å². The molecule has 0 aromatic rings. The van der Waals surface area contributed by atoms with E-state index in [4.69, 9.17) is 0 Å². The van der Waals surface area contributed by atoms with Crippen molar-refractivity contribution in [3.8, 4) is 0 Å². The fourth-order valence-electron chi connectivity index (χ4n) is 0.845. The van der Waals surface area contributed by atoms with E-state index in [9.17, 15) is 4.79 Å². The maximum atomic E-state index is 11.1. The Morgan fingerprint density at radius 1 is 1.50 bits per heavy atom. The summed E-state index contributed by atoms with van der Waals surface area (Å²) in [6.45, 7) is 4.93. The molecule has 0 aromatic carbocycles. The Balaban J connectivity index is 3.31. The van der Waals surface area contributed by atoms with Gasteiger partial charge in [0.05, 0.1) is 0 Å². The van der Waals surface area contributed by atoms with E-state index in [1.54, 1.807) is 0 Å². The monoisotopic (exact) mass is 172 g/mol. The second-order valence-electron chi connectivity index (χ2n) is 3.08. The van der Waals surface area contributed by atoms with Gasteiger partial charge < -0.3 is 10.6 Å². The van der Waals surface area contributed by atoms with Crippen LogP contribution >= 0.6 is 0 Å². The number of rotatable bonds is 6. The number of carbonyl (C=O) groups is 1. The molecule has 1 atom stereocenters. The molecule has 0 radical (unpaired) electrons. The van der Waals surface area contributed by atoms with E-state index in [1.165, 1.54) is 0 Å². The first kappa shape index (κ1) is 11.4. The summed E-state index contributed by atoms with van der Waals surface area (Å²) in [6.07, 6.45) is 2.54. The van der Waals surface area contributed by atoms with E-state index < -0.39 is 0 Å². The molecule has 0 aliphatic carbocycles. The summed E-state index contributed by atoms with van der Waals surface area (Å²) >= 11 is 0. The van der Waals surface area contributed by atoms with Gasteiger partial charge in [0.25, 0.3) is 0 Å². The molecular formula is C9H20N2O. The largest absolute Gasteiger partial charge is 0.356 e. The van der Waals surface area contributed by atoms with Crippen molar-refractivity contribution in [1.82, 2.24) is 10.6 Å². The van der Waals surface area contributed by atoms with Gasteiger partial charge in [-0.1, -0.05) is 6.92 Å². The Kier molecular flexibility index (Phi) is 6.76. The number of amides is 1. The average Bonchev–Trinajstić information content (AvgIpc) is 2.10. The number of hydrogen-bond acceptors (Lipinski definition) is 2. The van der Waals surface area contributed by atoms with Gasteiger partial charge >= 0.3 is 0 Å². The maximum Gasteiger partial charge on any atom is 0.220 e. The molecule has 12 heavy (non-hydrogen) atoms. The van der Waals surface area contributed by atoms with Crippen molar-refractivity contribution in [1.29, 1.82) is 0 Å². The standard InChI is InChI=1S/C9H20N2O/c1-4-7-11-9(12)6-5-8(2)10-3/h8,10H,4-7H2,1-3H3,(H,11,12). The van der Waals surface area contributed by atoms with Crippen LogP contribution in [0.25, 0.3) is 0 Å². The molecule has 1 amide bonds. The molecule has 0 rings (SSSR count). The molecule has 0 saturated carbocycles. The first-order valence-electron chi connectivity index (χ1n) is 4.64. The Labute approximate surface area is 74.9 Å². The molecule has 0 aliphatic heterocycles. The second-order valence-corrected chi connectivity index (χ2v) is 3.08. The van der Waals surface area contributed by atoms with Crippen molar-refractivity contribution in [2.24, 2.45) is 0 Å². The molecule has 3 nitrogen and oxygen atoms in total. The van der Waals surface area contributed by atoms with Crippen molar-refractivity contribution in [3.63, 3.8) is 0 Å². The lowest BCUT2D eigenvalue weighted by Crippen LogP contribution is -2.27. The fraction of sp³-hybridized carbons (Fsp3) is 0.889. The van der Waals surface area contributed by atoms with Gasteiger partial charge in [0.1, 0.15) is 0 Å². The highest BCUT2D eigenvalue weighted by Gasteiger charge is 2.03. The summed E-state index contributed by atoms with van der Waals surface area (Å²) < 4.78 is 0. The molecule has 0 aromatic heterocycles. The van der Waals surface area contributed by atoms with Crippen LogP contribution in [0.15, 0.2) is 0 Å². The Morgan fingerprint density at radius 2 is 2.17 bits per heavy atom. The van der Waals surface area contributed by atoms with E-state index in [0.29, 0.717) is 12.5 Å². The predicted octanol–water partition coefficient (Wildman–Crippen LogP) is 0.901. The van der Waals surface area contributed by atoms with E-state index in [1.807, 2.05) is 7.05 Å². The summed E-state index contributed by atoms with van der Waals surface area (Å²) in [7, 11) is 1.91. The van der Waals surface area contributed by atoms with Crippen molar-refractivity contribution < 1.29 is 4.79 Å². The third-order valence-electron chi connectivity index (χ3n) is 1.87. The van der Waals surface area contributed by atoms with Crippen molar-refractivity contribution in [2.45, 2.75) is 39.2 Å². The predicted molar refractivity (Wildman–Crippen MR) is 51.1 cm³/mol. The van der Waals surface area contributed by atoms with Crippen molar-refractivity contribution in [3.05, 3.63) is 0 Å². The van der Waals surface area contributed by atoms with E-state index in [0.717, 1.165) is 19.4 Å². The number of nitrogens with one attached hydrogen (secondary N) is 2. The zero-order chi connectivity index (χ0) is 9.40. The quantitative estimate of drug-likeness (QED) is 0.625. The minimum Gasteiger partial charge on any atom is -0.356 e. The van der Waals surface area contributed by atoms with E-state index in [2.05, 4.69) is 24.5 Å². The topological polar surface area (TPSA) is 41.1 Å². The fourth-order valence-corrected chi connectivity index (χ4v) is 0.845. The molecule has 0 fully saturated rings. The number of carbonyl (C=O) groups excluding carboxylic acids is 1. The van der Waals surface area contributed by atoms with Crippen LogP contribution in [0.5, 0.6) is 0 Å². The van der Waals surface area contributed by atoms with Crippen LogP contribution in [0, 0.1) is 0 Å². The highest BCUT2D eigenvalue weighted by molar-refractivity contribution is 5.75. The van der Waals surface area contributed by atoms with Crippen LogP contribution in [0.3, 0.4) is 0 Å². The van der Waals surface area contributed by atoms with Gasteiger partial charge in [-0.05, 0) is 26.8 Å². The van der Waals surface area contributed by atoms with Crippen LogP contribution < -0.4 is 10.6 Å².